The highest BCUT2D eigenvalue weighted by Gasteiger charge is 2.39. The molecule has 0 saturated heterocycles. The molecule has 0 unspecified atom stereocenters. The Morgan fingerprint density at radius 2 is 0.681 bits per heavy atom. The molecule has 3 aliphatic carbocycles. The van der Waals surface area contributed by atoms with Crippen LogP contribution >= 0.6 is 0 Å². The van der Waals surface area contributed by atoms with Crippen molar-refractivity contribution in [2.45, 2.75) is 157 Å². The zero-order valence-electron chi connectivity index (χ0n) is 44.5. The lowest BCUT2D eigenvalue weighted by Gasteiger charge is -2.19. The number of aromatic nitrogens is 6. The normalized spacial score (nSPS) is 18.8. The molecule has 0 spiro atoms. The van der Waals surface area contributed by atoms with Gasteiger partial charge in [-0.15, -0.1) is 0 Å². The van der Waals surface area contributed by atoms with Gasteiger partial charge in [-0.1, -0.05) is 98.7 Å². The minimum absolute atomic E-state index is 0.0709. The molecule has 0 bridgehead atoms. The number of nitrogens with zero attached hydrogens (tertiary/aromatic N) is 6. The molecule has 366 valence electrons. The van der Waals surface area contributed by atoms with Gasteiger partial charge in [-0.3, -0.25) is 28.4 Å². The summed E-state index contributed by atoms with van der Waals surface area (Å²) < 4.78 is 5.27. The van der Waals surface area contributed by atoms with Crippen LogP contribution < -0.4 is 16.0 Å². The highest BCUT2D eigenvalue weighted by Crippen LogP contribution is 2.51. The number of carbonyl (C=O) groups is 3. The van der Waals surface area contributed by atoms with Crippen LogP contribution in [0.2, 0.25) is 0 Å². The average Bonchev–Trinajstić information content (AvgIpc) is 3.99. The molecule has 9 rings (SSSR count). The van der Waals surface area contributed by atoms with Gasteiger partial charge in [0.25, 0.3) is 17.7 Å². The van der Waals surface area contributed by atoms with Crippen LogP contribution in [-0.2, 0) is 37.4 Å². The van der Waals surface area contributed by atoms with Gasteiger partial charge in [0.1, 0.15) is 0 Å². The van der Waals surface area contributed by atoms with Gasteiger partial charge in [-0.25, -0.2) is 0 Å². The Bertz CT molecular complexity index is 2680. The molecular formula is C57H75N9O3. The van der Waals surface area contributed by atoms with E-state index in [2.05, 4.69) is 112 Å². The second-order valence-corrected chi connectivity index (χ2v) is 22.1. The molecule has 12 nitrogen and oxygen atoms in total. The van der Waals surface area contributed by atoms with E-state index in [1.54, 1.807) is 14.0 Å². The van der Waals surface area contributed by atoms with Crippen LogP contribution in [0.4, 0.5) is 17.1 Å². The van der Waals surface area contributed by atoms with Gasteiger partial charge in [0.15, 0.2) is 0 Å². The second kappa shape index (κ2) is 18.6. The first-order chi connectivity index (χ1) is 32.2. The van der Waals surface area contributed by atoms with Crippen LogP contribution in [0.5, 0.6) is 0 Å². The Labute approximate surface area is 410 Å². The SMILES string of the molecule is Cc1nn(C)c(C)c1C(=O)Nc1cccc2c1[C@@H](C)CC2(C)C.Cc1nn(C)c(C)c1C(=O)Nc1cccc2c1[C@H](C)CC2(C)C.Cc1nn(C)c(C)c1C(=O)Nc1cccc2c1[C@H](C)CC2(C)C. The van der Waals surface area contributed by atoms with Gasteiger partial charge in [0.2, 0.25) is 0 Å². The van der Waals surface area contributed by atoms with Gasteiger partial charge in [-0.2, -0.15) is 15.3 Å². The van der Waals surface area contributed by atoms with E-state index in [1.165, 1.54) is 33.4 Å². The lowest BCUT2D eigenvalue weighted by molar-refractivity contribution is 0.101. The van der Waals surface area contributed by atoms with E-state index < -0.39 is 0 Å². The fraction of sp³-hybridized carbons (Fsp3) is 0.474. The number of rotatable bonds is 6. The molecule has 0 radical (unpaired) electrons. The fourth-order valence-corrected chi connectivity index (χ4v) is 12.2. The van der Waals surface area contributed by atoms with E-state index in [4.69, 9.17) is 0 Å². The number of benzene rings is 3. The van der Waals surface area contributed by atoms with Crippen molar-refractivity contribution in [2.75, 3.05) is 16.0 Å². The van der Waals surface area contributed by atoms with Crippen molar-refractivity contribution in [3.8, 4) is 0 Å². The summed E-state index contributed by atoms with van der Waals surface area (Å²) >= 11 is 0. The second-order valence-electron chi connectivity index (χ2n) is 22.1. The lowest BCUT2D eigenvalue weighted by Crippen LogP contribution is -2.16. The van der Waals surface area contributed by atoms with Crippen molar-refractivity contribution in [1.29, 1.82) is 0 Å². The smallest absolute Gasteiger partial charge is 0.259 e. The van der Waals surface area contributed by atoms with Crippen molar-refractivity contribution in [1.82, 2.24) is 29.3 Å². The van der Waals surface area contributed by atoms with Crippen molar-refractivity contribution in [3.63, 3.8) is 0 Å². The van der Waals surface area contributed by atoms with Crippen molar-refractivity contribution < 1.29 is 14.4 Å². The Balaban J connectivity index is 0.000000153. The third-order valence-corrected chi connectivity index (χ3v) is 15.4. The predicted molar refractivity (Wildman–Crippen MR) is 279 cm³/mol. The van der Waals surface area contributed by atoms with E-state index in [9.17, 15) is 14.4 Å². The first-order valence-electron chi connectivity index (χ1n) is 24.5. The molecule has 0 saturated carbocycles. The van der Waals surface area contributed by atoms with Crippen molar-refractivity contribution in [3.05, 3.63) is 139 Å². The molecule has 69 heavy (non-hydrogen) atoms. The van der Waals surface area contributed by atoms with E-state index in [0.717, 1.165) is 70.5 Å². The Morgan fingerprint density at radius 1 is 0.449 bits per heavy atom. The van der Waals surface area contributed by atoms with Gasteiger partial charge >= 0.3 is 0 Å². The Hall–Kier alpha value is -6.30. The average molecular weight is 934 g/mol. The summed E-state index contributed by atoms with van der Waals surface area (Å²) in [5.74, 6) is 1.14. The zero-order valence-corrected chi connectivity index (χ0v) is 44.5. The Morgan fingerprint density at radius 3 is 0.884 bits per heavy atom. The zero-order chi connectivity index (χ0) is 50.8. The highest BCUT2D eigenvalue weighted by atomic mass is 16.2. The maximum Gasteiger partial charge on any atom is 0.259 e. The van der Waals surface area contributed by atoms with Crippen LogP contribution in [0.1, 0.15) is 198 Å². The highest BCUT2D eigenvalue weighted by molar-refractivity contribution is 6.08. The topological polar surface area (TPSA) is 141 Å². The Kier molecular flexibility index (Phi) is 13.6. The molecule has 3 aromatic heterocycles. The molecule has 6 aromatic rings. The van der Waals surface area contributed by atoms with E-state index in [-0.39, 0.29) is 34.0 Å². The number of anilines is 3. The van der Waals surface area contributed by atoms with Crippen molar-refractivity contribution in [2.24, 2.45) is 21.1 Å². The number of carbonyl (C=O) groups excluding carboxylic acids is 3. The first kappa shape index (κ1) is 50.6. The van der Waals surface area contributed by atoms with Gasteiger partial charge < -0.3 is 16.0 Å². The van der Waals surface area contributed by atoms with Crippen LogP contribution in [0.25, 0.3) is 0 Å². The number of amides is 3. The number of aryl methyl sites for hydroxylation is 6. The summed E-state index contributed by atoms with van der Waals surface area (Å²) in [6, 6.07) is 18.7. The van der Waals surface area contributed by atoms with Crippen molar-refractivity contribution >= 4 is 34.8 Å². The molecule has 3 N–H and O–H groups in total. The molecule has 0 fully saturated rings. The van der Waals surface area contributed by atoms with Crippen LogP contribution in [0, 0.1) is 41.5 Å². The number of nitrogens with one attached hydrogen (secondary N) is 3. The van der Waals surface area contributed by atoms with E-state index >= 15 is 0 Å². The number of hydrogen-bond acceptors (Lipinski definition) is 6. The predicted octanol–water partition coefficient (Wildman–Crippen LogP) is 12.2. The third-order valence-electron chi connectivity index (χ3n) is 15.4. The summed E-state index contributed by atoms with van der Waals surface area (Å²) in [4.78, 5) is 38.3. The van der Waals surface area contributed by atoms with Gasteiger partial charge in [0, 0.05) is 55.3 Å². The lowest BCUT2D eigenvalue weighted by atomic mass is 9.86. The summed E-state index contributed by atoms with van der Waals surface area (Å²) in [7, 11) is 5.60. The number of fused-ring (bicyclic) bond motifs is 3. The molecule has 12 heteroatoms. The quantitative estimate of drug-likeness (QED) is 0.152. The molecule has 3 atom stereocenters. The van der Waals surface area contributed by atoms with Gasteiger partial charge in [-0.05, 0) is 146 Å². The maximum atomic E-state index is 12.8. The summed E-state index contributed by atoms with van der Waals surface area (Å²) in [5.41, 5.74) is 18.2. The van der Waals surface area contributed by atoms with Gasteiger partial charge in [0.05, 0.1) is 33.8 Å². The summed E-state index contributed by atoms with van der Waals surface area (Å²) in [5, 5.41) is 22.4. The van der Waals surface area contributed by atoms with Crippen LogP contribution in [-0.4, -0.2) is 47.1 Å². The first-order valence-corrected chi connectivity index (χ1v) is 24.5. The molecule has 3 amide bonds. The summed E-state index contributed by atoms with van der Waals surface area (Å²) in [6.07, 6.45) is 3.33. The standard InChI is InChI=1S/3C19H25N3O/c3*1-11-10-19(4,5)14-8-7-9-15(16(11)14)20-18(23)17-12(2)21-22(6)13(17)3/h3*7-9,11H,10H2,1-6H3,(H,20,23)/t3*11-/m110/s1. The van der Waals surface area contributed by atoms with E-state index in [0.29, 0.717) is 34.4 Å². The molecule has 3 aromatic carbocycles. The fourth-order valence-electron chi connectivity index (χ4n) is 12.2. The third kappa shape index (κ3) is 9.43. The molecule has 0 aliphatic heterocycles. The van der Waals surface area contributed by atoms with E-state index in [1.807, 2.05) is 99.1 Å². The summed E-state index contributed by atoms with van der Waals surface area (Å²) in [6.45, 7) is 31.8. The maximum absolute atomic E-state index is 12.8. The number of hydrogen-bond donors (Lipinski definition) is 3. The largest absolute Gasteiger partial charge is 0.322 e. The minimum Gasteiger partial charge on any atom is -0.322 e. The monoisotopic (exact) mass is 934 g/mol. The minimum atomic E-state index is -0.0709. The molecule has 3 heterocycles. The molecule has 3 aliphatic rings. The van der Waals surface area contributed by atoms with Crippen LogP contribution in [0.3, 0.4) is 0 Å². The molecular weight excluding hydrogens is 859 g/mol. The van der Waals surface area contributed by atoms with Crippen LogP contribution in [0.15, 0.2) is 54.6 Å².